The van der Waals surface area contributed by atoms with Crippen LogP contribution in [0.2, 0.25) is 0 Å². The van der Waals surface area contributed by atoms with Gasteiger partial charge in [-0.2, -0.15) is 0 Å². The van der Waals surface area contributed by atoms with E-state index in [0.29, 0.717) is 31.6 Å². The van der Waals surface area contributed by atoms with Crippen LogP contribution in [0.15, 0.2) is 42.0 Å². The Labute approximate surface area is 176 Å². The van der Waals surface area contributed by atoms with Crippen LogP contribution in [0, 0.1) is 0 Å². The molecule has 0 saturated carbocycles. The zero-order valence-electron chi connectivity index (χ0n) is 17.7. The van der Waals surface area contributed by atoms with Crippen LogP contribution in [-0.4, -0.2) is 60.4 Å². The first-order valence-corrected chi connectivity index (χ1v) is 10.6. The predicted molar refractivity (Wildman–Crippen MR) is 108 cm³/mol. The largest absolute Gasteiger partial charge is 0.463 e. The van der Waals surface area contributed by atoms with Crippen LogP contribution in [0.25, 0.3) is 0 Å². The second kappa shape index (κ2) is 8.77. The van der Waals surface area contributed by atoms with Crippen LogP contribution >= 0.6 is 0 Å². The summed E-state index contributed by atoms with van der Waals surface area (Å²) in [5, 5.41) is 10.8. The average Bonchev–Trinajstić information content (AvgIpc) is 3.45. The average molecular weight is 418 g/mol. The zero-order chi connectivity index (χ0) is 21.3. The Hall–Kier alpha value is -1.77. The number of benzene rings is 1. The van der Waals surface area contributed by atoms with Crippen LogP contribution in [-0.2, 0) is 28.5 Å². The van der Waals surface area contributed by atoms with Crippen LogP contribution in [0.3, 0.4) is 0 Å². The molecule has 0 bridgehead atoms. The van der Waals surface area contributed by atoms with Crippen LogP contribution in [0.4, 0.5) is 0 Å². The van der Waals surface area contributed by atoms with E-state index in [2.05, 4.69) is 0 Å². The summed E-state index contributed by atoms with van der Waals surface area (Å²) in [6, 6.07) is 9.77. The molecule has 3 aliphatic heterocycles. The predicted octanol–water partition coefficient (Wildman–Crippen LogP) is 2.68. The van der Waals surface area contributed by atoms with Gasteiger partial charge in [0.05, 0.1) is 37.1 Å². The van der Waals surface area contributed by atoms with Gasteiger partial charge < -0.3 is 28.8 Å². The van der Waals surface area contributed by atoms with Gasteiger partial charge in [0, 0.05) is 24.0 Å². The lowest BCUT2D eigenvalue weighted by atomic mass is 9.84. The highest BCUT2D eigenvalue weighted by Crippen LogP contribution is 2.42. The maximum atomic E-state index is 11.8. The maximum absolute atomic E-state index is 11.8. The van der Waals surface area contributed by atoms with E-state index in [1.54, 1.807) is 19.9 Å². The van der Waals surface area contributed by atoms with Gasteiger partial charge >= 0.3 is 5.97 Å². The fourth-order valence-corrected chi connectivity index (χ4v) is 4.18. The van der Waals surface area contributed by atoms with E-state index >= 15 is 0 Å². The number of aliphatic hydroxyl groups excluding tert-OH is 1. The highest BCUT2D eigenvalue weighted by Gasteiger charge is 2.52. The molecule has 0 spiro atoms. The summed E-state index contributed by atoms with van der Waals surface area (Å²) < 4.78 is 28.9. The van der Waals surface area contributed by atoms with E-state index in [9.17, 15) is 9.90 Å². The molecule has 3 heterocycles. The molecule has 0 aromatic heterocycles. The normalized spacial score (nSPS) is 38.6. The number of esters is 1. The zero-order valence-corrected chi connectivity index (χ0v) is 17.7. The quantitative estimate of drug-likeness (QED) is 0.432. The molecule has 7 atom stereocenters. The third kappa shape index (κ3) is 4.60. The van der Waals surface area contributed by atoms with Gasteiger partial charge in [0.1, 0.15) is 12.2 Å². The molecule has 3 aliphatic rings. The molecule has 3 saturated heterocycles. The summed E-state index contributed by atoms with van der Waals surface area (Å²) in [6.07, 6.45) is 0.907. The number of hydrogen-bond donors (Lipinski definition) is 1. The minimum atomic E-state index is -0.765. The molecule has 0 radical (unpaired) electrons. The second-order valence-electron chi connectivity index (χ2n) is 8.38. The summed E-state index contributed by atoms with van der Waals surface area (Å²) in [4.78, 5) is 11.8. The standard InChI is InChI=1S/C23H30O7/c1-4-26-21(25)14(2)10-16-18(28-16)12-23(3)20(24)11-17-19(30-23)13-27-22(29-17)15-8-6-5-7-9-15/h5-10,16-20,22,24H,4,11-13H2,1-3H3/b14-10+/t16-,17+,18-,19-,20-,22-,23+/m1/s1. The summed E-state index contributed by atoms with van der Waals surface area (Å²) >= 11 is 0. The Morgan fingerprint density at radius 3 is 2.77 bits per heavy atom. The van der Waals surface area contributed by atoms with Crippen molar-refractivity contribution in [1.82, 2.24) is 0 Å². The number of carbonyl (C=O) groups is 1. The van der Waals surface area contributed by atoms with Crippen molar-refractivity contribution in [2.24, 2.45) is 0 Å². The van der Waals surface area contributed by atoms with Gasteiger partial charge in [-0.1, -0.05) is 30.3 Å². The minimum absolute atomic E-state index is 0.104. The van der Waals surface area contributed by atoms with Crippen molar-refractivity contribution in [3.05, 3.63) is 47.5 Å². The van der Waals surface area contributed by atoms with Gasteiger partial charge in [0.15, 0.2) is 6.29 Å². The molecule has 1 N–H and O–H groups in total. The highest BCUT2D eigenvalue weighted by atomic mass is 16.7. The molecule has 164 valence electrons. The lowest BCUT2D eigenvalue weighted by Gasteiger charge is -2.49. The third-order valence-electron chi connectivity index (χ3n) is 6.02. The smallest absolute Gasteiger partial charge is 0.333 e. The Morgan fingerprint density at radius 1 is 1.27 bits per heavy atom. The van der Waals surface area contributed by atoms with E-state index in [1.807, 2.05) is 37.3 Å². The van der Waals surface area contributed by atoms with Gasteiger partial charge in [-0.3, -0.25) is 0 Å². The van der Waals surface area contributed by atoms with Gasteiger partial charge in [0.25, 0.3) is 0 Å². The molecule has 0 unspecified atom stereocenters. The Morgan fingerprint density at radius 2 is 2.03 bits per heavy atom. The van der Waals surface area contributed by atoms with E-state index in [1.165, 1.54) is 0 Å². The number of carbonyl (C=O) groups excluding carboxylic acids is 1. The molecular formula is C23H30O7. The topological polar surface area (TPSA) is 86.8 Å². The van der Waals surface area contributed by atoms with Gasteiger partial charge in [-0.05, 0) is 26.8 Å². The van der Waals surface area contributed by atoms with Gasteiger partial charge in [-0.15, -0.1) is 0 Å². The molecule has 0 aliphatic carbocycles. The number of ether oxygens (including phenoxy) is 5. The third-order valence-corrected chi connectivity index (χ3v) is 6.02. The van der Waals surface area contributed by atoms with Crippen molar-refractivity contribution in [3.63, 3.8) is 0 Å². The number of fused-ring (bicyclic) bond motifs is 1. The summed E-state index contributed by atoms with van der Waals surface area (Å²) in [5.74, 6) is -0.334. The van der Waals surface area contributed by atoms with Crippen molar-refractivity contribution >= 4 is 5.97 Å². The van der Waals surface area contributed by atoms with Crippen molar-refractivity contribution in [2.45, 2.75) is 76.0 Å². The maximum Gasteiger partial charge on any atom is 0.333 e. The molecule has 1 aromatic carbocycles. The summed E-state index contributed by atoms with van der Waals surface area (Å²) in [7, 11) is 0. The van der Waals surface area contributed by atoms with Crippen molar-refractivity contribution in [1.29, 1.82) is 0 Å². The van der Waals surface area contributed by atoms with Crippen LogP contribution in [0.5, 0.6) is 0 Å². The van der Waals surface area contributed by atoms with Crippen LogP contribution in [0.1, 0.15) is 45.5 Å². The minimum Gasteiger partial charge on any atom is -0.463 e. The Balaban J connectivity index is 1.34. The van der Waals surface area contributed by atoms with Crippen LogP contribution < -0.4 is 0 Å². The molecule has 7 nitrogen and oxygen atoms in total. The van der Waals surface area contributed by atoms with Gasteiger partial charge in [-0.25, -0.2) is 4.79 Å². The van der Waals surface area contributed by atoms with Crippen molar-refractivity contribution in [2.75, 3.05) is 13.2 Å². The van der Waals surface area contributed by atoms with E-state index in [0.717, 1.165) is 5.56 Å². The molecule has 3 fully saturated rings. The first-order chi connectivity index (χ1) is 14.4. The molecule has 30 heavy (non-hydrogen) atoms. The second-order valence-corrected chi connectivity index (χ2v) is 8.38. The van der Waals surface area contributed by atoms with Gasteiger partial charge in [0.2, 0.25) is 0 Å². The van der Waals surface area contributed by atoms with Crippen molar-refractivity contribution in [3.8, 4) is 0 Å². The number of aliphatic hydroxyl groups is 1. The summed E-state index contributed by atoms with van der Waals surface area (Å²) in [5.41, 5.74) is 0.718. The first-order valence-electron chi connectivity index (χ1n) is 10.6. The number of rotatable bonds is 6. The molecule has 4 rings (SSSR count). The van der Waals surface area contributed by atoms with E-state index < -0.39 is 18.0 Å². The number of hydrogen-bond acceptors (Lipinski definition) is 7. The fraction of sp³-hybridized carbons (Fsp3) is 0.609. The number of epoxide rings is 1. The lowest BCUT2D eigenvalue weighted by molar-refractivity contribution is -0.321. The molecule has 7 heteroatoms. The van der Waals surface area contributed by atoms with E-state index in [-0.39, 0.29) is 30.4 Å². The Kier molecular flexibility index (Phi) is 6.27. The molecule has 0 amide bonds. The first kappa shape index (κ1) is 21.5. The van der Waals surface area contributed by atoms with Crippen molar-refractivity contribution < 1.29 is 33.6 Å². The molecule has 1 aromatic rings. The highest BCUT2D eigenvalue weighted by molar-refractivity contribution is 5.87. The SMILES string of the molecule is CCOC(=O)/C(C)=C/[C@H]1O[C@@H]1C[C@]1(C)O[C@@H]2CO[C@@H](c3ccccc3)O[C@H]2C[C@H]1O. The lowest BCUT2D eigenvalue weighted by Crippen LogP contribution is -2.59. The fourth-order valence-electron chi connectivity index (χ4n) is 4.18. The van der Waals surface area contributed by atoms with E-state index in [4.69, 9.17) is 23.7 Å². The Bertz CT molecular complexity index is 779. The monoisotopic (exact) mass is 418 g/mol. The summed E-state index contributed by atoms with van der Waals surface area (Å²) in [6.45, 7) is 6.14. The molecular weight excluding hydrogens is 388 g/mol.